The molecule has 1 N–H and O–H groups in total. The number of amides is 2. The highest BCUT2D eigenvalue weighted by molar-refractivity contribution is 6.35. The highest BCUT2D eigenvalue weighted by Crippen LogP contribution is 2.14. The van der Waals surface area contributed by atoms with E-state index < -0.39 is 0 Å². The van der Waals surface area contributed by atoms with Crippen LogP contribution in [0.4, 0.5) is 0 Å². The van der Waals surface area contributed by atoms with E-state index in [1.807, 2.05) is 14.1 Å². The normalized spacial score (nSPS) is 24.7. The minimum Gasteiger partial charge on any atom is -0.332 e. The van der Waals surface area contributed by atoms with E-state index in [0.717, 1.165) is 26.1 Å². The van der Waals surface area contributed by atoms with Crippen molar-refractivity contribution in [1.82, 2.24) is 20.0 Å². The van der Waals surface area contributed by atoms with Gasteiger partial charge in [-0.2, -0.15) is 0 Å². The van der Waals surface area contributed by atoms with Gasteiger partial charge in [0.2, 0.25) is 0 Å². The predicted octanol–water partition coefficient (Wildman–Crippen LogP) is -1.42. The Bertz CT molecular complexity index is 332. The standard InChI is InChI=1S/C12H22N4O2/c1-14(2)5-3-6-15-9-10-8-13-4-7-16(10)12(18)11(15)17/h10,13H,3-9H2,1-2H3. The molecule has 0 radical (unpaired) electrons. The molecule has 18 heavy (non-hydrogen) atoms. The molecule has 0 spiro atoms. The molecule has 2 heterocycles. The van der Waals surface area contributed by atoms with E-state index in [2.05, 4.69) is 10.2 Å². The molecular weight excluding hydrogens is 232 g/mol. The van der Waals surface area contributed by atoms with Gasteiger partial charge in [-0.3, -0.25) is 9.59 Å². The predicted molar refractivity (Wildman–Crippen MR) is 68.1 cm³/mol. The lowest BCUT2D eigenvalue weighted by Gasteiger charge is -2.43. The Labute approximate surface area is 108 Å². The summed E-state index contributed by atoms with van der Waals surface area (Å²) in [7, 11) is 4.02. The van der Waals surface area contributed by atoms with Crippen molar-refractivity contribution < 1.29 is 9.59 Å². The van der Waals surface area contributed by atoms with Gasteiger partial charge in [-0.05, 0) is 27.1 Å². The highest BCUT2D eigenvalue weighted by atomic mass is 16.2. The van der Waals surface area contributed by atoms with E-state index in [1.165, 1.54) is 0 Å². The molecular formula is C12H22N4O2. The second kappa shape index (κ2) is 5.67. The van der Waals surface area contributed by atoms with E-state index in [4.69, 9.17) is 0 Å². The lowest BCUT2D eigenvalue weighted by atomic mass is 10.1. The maximum absolute atomic E-state index is 12.0. The minimum absolute atomic E-state index is 0.156. The zero-order chi connectivity index (χ0) is 13.1. The first-order valence-corrected chi connectivity index (χ1v) is 6.55. The van der Waals surface area contributed by atoms with Crippen LogP contribution in [0.2, 0.25) is 0 Å². The van der Waals surface area contributed by atoms with Crippen molar-refractivity contribution in [3.8, 4) is 0 Å². The molecule has 1 atom stereocenters. The van der Waals surface area contributed by atoms with Crippen LogP contribution in [-0.2, 0) is 9.59 Å². The van der Waals surface area contributed by atoms with Gasteiger partial charge in [0.1, 0.15) is 0 Å². The average molecular weight is 254 g/mol. The van der Waals surface area contributed by atoms with Gasteiger partial charge in [0.25, 0.3) is 0 Å². The third kappa shape index (κ3) is 2.81. The zero-order valence-corrected chi connectivity index (χ0v) is 11.2. The van der Waals surface area contributed by atoms with Crippen molar-refractivity contribution in [3.05, 3.63) is 0 Å². The van der Waals surface area contributed by atoms with E-state index in [-0.39, 0.29) is 17.9 Å². The molecule has 0 aromatic rings. The summed E-state index contributed by atoms with van der Waals surface area (Å²) in [5.41, 5.74) is 0. The third-order valence-corrected chi connectivity index (χ3v) is 3.55. The summed E-state index contributed by atoms with van der Waals surface area (Å²) >= 11 is 0. The van der Waals surface area contributed by atoms with Crippen LogP contribution >= 0.6 is 0 Å². The minimum atomic E-state index is -0.327. The van der Waals surface area contributed by atoms with Gasteiger partial charge in [-0.1, -0.05) is 0 Å². The fraction of sp³-hybridized carbons (Fsp3) is 0.833. The number of piperazine rings is 2. The SMILES string of the molecule is CN(C)CCCN1CC2CNCCN2C(=O)C1=O. The Balaban J connectivity index is 1.91. The summed E-state index contributed by atoms with van der Waals surface area (Å²) in [4.78, 5) is 29.4. The van der Waals surface area contributed by atoms with Crippen molar-refractivity contribution in [1.29, 1.82) is 0 Å². The second-order valence-corrected chi connectivity index (χ2v) is 5.26. The lowest BCUT2D eigenvalue weighted by molar-refractivity contribution is -0.159. The molecule has 6 heteroatoms. The summed E-state index contributed by atoms with van der Waals surface area (Å²) < 4.78 is 0. The van der Waals surface area contributed by atoms with Gasteiger partial charge in [-0.15, -0.1) is 0 Å². The Morgan fingerprint density at radius 2 is 2.11 bits per heavy atom. The first-order chi connectivity index (χ1) is 8.59. The molecule has 2 aliphatic heterocycles. The maximum Gasteiger partial charge on any atom is 0.312 e. The number of hydrogen-bond acceptors (Lipinski definition) is 4. The maximum atomic E-state index is 12.0. The number of carbonyl (C=O) groups excluding carboxylic acids is 2. The molecule has 102 valence electrons. The monoisotopic (exact) mass is 254 g/mol. The Kier molecular flexibility index (Phi) is 4.19. The van der Waals surface area contributed by atoms with Crippen LogP contribution in [0.25, 0.3) is 0 Å². The van der Waals surface area contributed by atoms with Gasteiger partial charge < -0.3 is 20.0 Å². The van der Waals surface area contributed by atoms with Gasteiger partial charge in [0.15, 0.2) is 0 Å². The van der Waals surface area contributed by atoms with Crippen molar-refractivity contribution >= 4 is 11.8 Å². The first kappa shape index (κ1) is 13.3. The fourth-order valence-electron chi connectivity index (χ4n) is 2.56. The summed E-state index contributed by atoms with van der Waals surface area (Å²) in [6, 6.07) is 0.156. The number of fused-ring (bicyclic) bond motifs is 1. The number of rotatable bonds is 4. The molecule has 0 bridgehead atoms. The lowest BCUT2D eigenvalue weighted by Crippen LogP contribution is -2.65. The molecule has 2 amide bonds. The molecule has 0 saturated carbocycles. The first-order valence-electron chi connectivity index (χ1n) is 6.55. The quantitative estimate of drug-likeness (QED) is 0.626. The summed E-state index contributed by atoms with van der Waals surface area (Å²) in [5, 5.41) is 3.27. The van der Waals surface area contributed by atoms with Gasteiger partial charge >= 0.3 is 11.8 Å². The molecule has 6 nitrogen and oxygen atoms in total. The molecule has 2 aliphatic rings. The number of carbonyl (C=O) groups is 2. The smallest absolute Gasteiger partial charge is 0.312 e. The van der Waals surface area contributed by atoms with Crippen LogP contribution in [-0.4, -0.2) is 85.9 Å². The van der Waals surface area contributed by atoms with E-state index in [0.29, 0.717) is 19.6 Å². The number of nitrogens with one attached hydrogen (secondary N) is 1. The van der Waals surface area contributed by atoms with Crippen LogP contribution in [0.5, 0.6) is 0 Å². The van der Waals surface area contributed by atoms with Crippen LogP contribution in [0.1, 0.15) is 6.42 Å². The number of nitrogens with zero attached hydrogens (tertiary/aromatic N) is 3. The Hall–Kier alpha value is -1.14. The average Bonchev–Trinajstić information content (AvgIpc) is 2.35. The van der Waals surface area contributed by atoms with Crippen molar-refractivity contribution in [2.45, 2.75) is 12.5 Å². The Morgan fingerprint density at radius 3 is 2.83 bits per heavy atom. The van der Waals surface area contributed by atoms with Gasteiger partial charge in [0.05, 0.1) is 6.04 Å². The van der Waals surface area contributed by atoms with Crippen molar-refractivity contribution in [3.63, 3.8) is 0 Å². The molecule has 0 aromatic heterocycles. The van der Waals surface area contributed by atoms with E-state index in [9.17, 15) is 9.59 Å². The van der Waals surface area contributed by atoms with Crippen LogP contribution in [0.15, 0.2) is 0 Å². The van der Waals surface area contributed by atoms with Crippen molar-refractivity contribution in [2.24, 2.45) is 0 Å². The summed E-state index contributed by atoms with van der Waals surface area (Å²) in [6.45, 7) is 4.52. The number of hydrogen-bond donors (Lipinski definition) is 1. The fourth-order valence-corrected chi connectivity index (χ4v) is 2.56. The molecule has 1 unspecified atom stereocenters. The molecule has 0 aromatic carbocycles. The highest BCUT2D eigenvalue weighted by Gasteiger charge is 2.39. The largest absolute Gasteiger partial charge is 0.332 e. The molecule has 2 saturated heterocycles. The summed E-state index contributed by atoms with van der Waals surface area (Å²) in [5.74, 6) is -0.649. The second-order valence-electron chi connectivity index (χ2n) is 5.26. The van der Waals surface area contributed by atoms with E-state index in [1.54, 1.807) is 9.80 Å². The molecule has 2 fully saturated rings. The summed E-state index contributed by atoms with van der Waals surface area (Å²) in [6.07, 6.45) is 0.909. The van der Waals surface area contributed by atoms with Crippen LogP contribution < -0.4 is 5.32 Å². The van der Waals surface area contributed by atoms with E-state index >= 15 is 0 Å². The van der Waals surface area contributed by atoms with Crippen LogP contribution in [0.3, 0.4) is 0 Å². The van der Waals surface area contributed by atoms with Crippen molar-refractivity contribution in [2.75, 3.05) is 53.4 Å². The topological polar surface area (TPSA) is 55.9 Å². The zero-order valence-electron chi connectivity index (χ0n) is 11.2. The Morgan fingerprint density at radius 1 is 1.33 bits per heavy atom. The van der Waals surface area contributed by atoms with Gasteiger partial charge in [-0.25, -0.2) is 0 Å². The third-order valence-electron chi connectivity index (χ3n) is 3.55. The molecule has 2 rings (SSSR count). The molecule has 0 aliphatic carbocycles. The van der Waals surface area contributed by atoms with Crippen LogP contribution in [0, 0.1) is 0 Å². The van der Waals surface area contributed by atoms with Gasteiger partial charge in [0, 0.05) is 32.7 Å².